The molecule has 0 unspecified atom stereocenters. The second-order valence-electron chi connectivity index (χ2n) is 8.37. The van der Waals surface area contributed by atoms with Crippen molar-refractivity contribution >= 4 is 5.91 Å². The van der Waals surface area contributed by atoms with Crippen LogP contribution in [0.1, 0.15) is 54.6 Å². The third kappa shape index (κ3) is 5.12. The number of pyridine rings is 2. The Hall–Kier alpha value is -2.47. The fraction of sp³-hybridized carbons (Fsp3) is 0.522. The Morgan fingerprint density at radius 3 is 2.55 bits per heavy atom. The highest BCUT2D eigenvalue weighted by atomic mass is 16.3. The summed E-state index contributed by atoms with van der Waals surface area (Å²) in [7, 11) is 0. The Kier molecular flexibility index (Phi) is 6.39. The van der Waals surface area contributed by atoms with E-state index in [-0.39, 0.29) is 11.7 Å². The first kappa shape index (κ1) is 19.8. The zero-order chi connectivity index (χ0) is 20.1. The molecule has 2 aliphatic rings. The molecule has 1 saturated carbocycles. The van der Waals surface area contributed by atoms with Crippen LogP contribution in [-0.4, -0.2) is 56.5 Å². The van der Waals surface area contributed by atoms with Crippen molar-refractivity contribution in [3.05, 3.63) is 54.1 Å². The van der Waals surface area contributed by atoms with E-state index in [0.717, 1.165) is 44.1 Å². The van der Waals surface area contributed by atoms with Gasteiger partial charge in [0, 0.05) is 31.5 Å². The van der Waals surface area contributed by atoms with E-state index >= 15 is 0 Å². The lowest BCUT2D eigenvalue weighted by molar-refractivity contribution is 0.0644. The highest BCUT2D eigenvalue weighted by Crippen LogP contribution is 2.28. The third-order valence-corrected chi connectivity index (χ3v) is 6.32. The maximum atomic E-state index is 13.2. The molecule has 1 amide bonds. The van der Waals surface area contributed by atoms with Gasteiger partial charge in [-0.05, 0) is 68.5 Å². The van der Waals surface area contributed by atoms with Crippen molar-refractivity contribution in [2.24, 2.45) is 5.92 Å². The van der Waals surface area contributed by atoms with E-state index in [0.29, 0.717) is 18.2 Å². The van der Waals surface area contributed by atoms with Gasteiger partial charge in [0.05, 0.1) is 6.20 Å². The summed E-state index contributed by atoms with van der Waals surface area (Å²) in [5.41, 5.74) is 1.39. The van der Waals surface area contributed by atoms with Crippen LogP contribution in [0, 0.1) is 5.92 Å². The number of aromatic nitrogens is 2. The van der Waals surface area contributed by atoms with Crippen LogP contribution in [0.15, 0.2) is 42.9 Å². The molecule has 4 rings (SSSR count). The quantitative estimate of drug-likeness (QED) is 0.812. The second kappa shape index (κ2) is 9.35. The number of rotatable bonds is 6. The number of carbonyl (C=O) groups is 1. The molecule has 1 aliphatic heterocycles. The van der Waals surface area contributed by atoms with Gasteiger partial charge in [0.25, 0.3) is 5.91 Å². The molecule has 0 aromatic carbocycles. The van der Waals surface area contributed by atoms with Gasteiger partial charge in [0.15, 0.2) is 0 Å². The molecule has 2 aromatic heterocycles. The van der Waals surface area contributed by atoms with E-state index in [1.165, 1.54) is 37.9 Å². The molecule has 0 spiro atoms. The molecule has 6 heteroatoms. The lowest BCUT2D eigenvalue weighted by Gasteiger charge is -2.37. The standard InChI is InChI=1S/C23H30N4O2/c28-21-7-8-22(25-15-21)23(29)27(17-19-4-3-11-24-14-19)16-18-9-12-26(13-10-18)20-5-1-2-6-20/h3-4,7-8,11,14-15,18,20,28H,1-2,5-6,9-10,12-13,16-17H2. The normalized spacial score (nSPS) is 18.8. The van der Waals surface area contributed by atoms with Crippen LogP contribution in [0.4, 0.5) is 0 Å². The van der Waals surface area contributed by atoms with E-state index < -0.39 is 0 Å². The van der Waals surface area contributed by atoms with E-state index in [2.05, 4.69) is 14.9 Å². The van der Waals surface area contributed by atoms with Gasteiger partial charge in [-0.2, -0.15) is 0 Å². The highest BCUT2D eigenvalue weighted by molar-refractivity contribution is 5.92. The van der Waals surface area contributed by atoms with Gasteiger partial charge in [0.2, 0.25) is 0 Å². The zero-order valence-corrected chi connectivity index (χ0v) is 16.9. The molecule has 6 nitrogen and oxygen atoms in total. The largest absolute Gasteiger partial charge is 0.506 e. The highest BCUT2D eigenvalue weighted by Gasteiger charge is 2.29. The molecule has 3 heterocycles. The first-order chi connectivity index (χ1) is 14.2. The van der Waals surface area contributed by atoms with Crippen LogP contribution in [0.2, 0.25) is 0 Å². The monoisotopic (exact) mass is 394 g/mol. The minimum atomic E-state index is -0.0907. The Bertz CT molecular complexity index is 782. The molecule has 29 heavy (non-hydrogen) atoms. The van der Waals surface area contributed by atoms with Crippen LogP contribution in [0.25, 0.3) is 0 Å². The summed E-state index contributed by atoms with van der Waals surface area (Å²) >= 11 is 0. The van der Waals surface area contributed by atoms with E-state index in [1.807, 2.05) is 23.2 Å². The van der Waals surface area contributed by atoms with E-state index in [9.17, 15) is 9.90 Å². The van der Waals surface area contributed by atoms with Crippen molar-refractivity contribution in [2.75, 3.05) is 19.6 Å². The molecule has 2 aromatic rings. The fourth-order valence-corrected chi connectivity index (χ4v) is 4.69. The summed E-state index contributed by atoms with van der Waals surface area (Å²) in [6.45, 7) is 3.54. The van der Waals surface area contributed by atoms with Gasteiger partial charge in [-0.3, -0.25) is 9.78 Å². The predicted octanol–water partition coefficient (Wildman–Crippen LogP) is 3.48. The first-order valence-corrected chi connectivity index (χ1v) is 10.8. The number of likely N-dealkylation sites (tertiary alicyclic amines) is 1. The fourth-order valence-electron chi connectivity index (χ4n) is 4.69. The first-order valence-electron chi connectivity index (χ1n) is 10.8. The van der Waals surface area contributed by atoms with Crippen LogP contribution in [0.5, 0.6) is 5.75 Å². The molecule has 154 valence electrons. The summed E-state index contributed by atoms with van der Waals surface area (Å²) in [6.07, 6.45) is 12.6. The van der Waals surface area contributed by atoms with Crippen LogP contribution in [0.3, 0.4) is 0 Å². The minimum Gasteiger partial charge on any atom is -0.506 e. The Labute approximate surface area is 172 Å². The van der Waals surface area contributed by atoms with Gasteiger partial charge in [0.1, 0.15) is 11.4 Å². The topological polar surface area (TPSA) is 69.6 Å². The van der Waals surface area contributed by atoms with Crippen molar-refractivity contribution in [1.29, 1.82) is 0 Å². The maximum absolute atomic E-state index is 13.2. The minimum absolute atomic E-state index is 0.0691. The average molecular weight is 395 g/mol. The molecule has 2 fully saturated rings. The van der Waals surface area contributed by atoms with Crippen molar-refractivity contribution < 1.29 is 9.90 Å². The summed E-state index contributed by atoms with van der Waals surface area (Å²) in [6, 6.07) is 7.79. The number of amides is 1. The van der Waals surface area contributed by atoms with Crippen molar-refractivity contribution in [1.82, 2.24) is 19.8 Å². The molecule has 1 aliphatic carbocycles. The lowest BCUT2D eigenvalue weighted by Crippen LogP contribution is -2.43. The third-order valence-electron chi connectivity index (χ3n) is 6.32. The number of carbonyl (C=O) groups excluding carboxylic acids is 1. The van der Waals surface area contributed by atoms with E-state index in [1.54, 1.807) is 12.3 Å². The second-order valence-corrected chi connectivity index (χ2v) is 8.37. The smallest absolute Gasteiger partial charge is 0.272 e. The number of nitrogens with zero attached hydrogens (tertiary/aromatic N) is 4. The maximum Gasteiger partial charge on any atom is 0.272 e. The van der Waals surface area contributed by atoms with Gasteiger partial charge in [-0.25, -0.2) is 4.98 Å². The summed E-state index contributed by atoms with van der Waals surface area (Å²) in [5.74, 6) is 0.483. The number of aromatic hydroxyl groups is 1. The average Bonchev–Trinajstić information content (AvgIpc) is 3.30. The molecule has 0 radical (unpaired) electrons. The van der Waals surface area contributed by atoms with Crippen LogP contribution >= 0.6 is 0 Å². The molecular formula is C23H30N4O2. The van der Waals surface area contributed by atoms with Crippen molar-refractivity contribution in [3.63, 3.8) is 0 Å². The molecule has 1 N–H and O–H groups in total. The summed E-state index contributed by atoms with van der Waals surface area (Å²) in [4.78, 5) is 26.0. The summed E-state index contributed by atoms with van der Waals surface area (Å²) in [5, 5.41) is 9.49. The molecule has 1 saturated heterocycles. The van der Waals surface area contributed by atoms with Crippen LogP contribution < -0.4 is 0 Å². The van der Waals surface area contributed by atoms with Gasteiger partial charge in [-0.1, -0.05) is 18.9 Å². The Balaban J connectivity index is 1.42. The molecular weight excluding hydrogens is 364 g/mol. The molecule has 0 bridgehead atoms. The number of hydrogen-bond acceptors (Lipinski definition) is 5. The van der Waals surface area contributed by atoms with Crippen molar-refractivity contribution in [2.45, 2.75) is 51.1 Å². The predicted molar refractivity (Wildman–Crippen MR) is 111 cm³/mol. The van der Waals surface area contributed by atoms with Gasteiger partial charge in [-0.15, -0.1) is 0 Å². The molecule has 0 atom stereocenters. The van der Waals surface area contributed by atoms with Crippen LogP contribution in [-0.2, 0) is 6.54 Å². The Morgan fingerprint density at radius 2 is 1.90 bits per heavy atom. The lowest BCUT2D eigenvalue weighted by atomic mass is 9.94. The number of piperidine rings is 1. The van der Waals surface area contributed by atoms with Crippen molar-refractivity contribution in [3.8, 4) is 5.75 Å². The van der Waals surface area contributed by atoms with E-state index in [4.69, 9.17) is 0 Å². The van der Waals surface area contributed by atoms with Gasteiger partial charge < -0.3 is 14.9 Å². The number of hydrogen-bond donors (Lipinski definition) is 1. The van der Waals surface area contributed by atoms with Gasteiger partial charge >= 0.3 is 0 Å². The summed E-state index contributed by atoms with van der Waals surface area (Å²) < 4.78 is 0. The SMILES string of the molecule is O=C(c1ccc(O)cn1)N(Cc1cccnc1)CC1CCN(C2CCCC2)CC1. The zero-order valence-electron chi connectivity index (χ0n) is 16.9. The Morgan fingerprint density at radius 1 is 1.10 bits per heavy atom.